The molecule has 20 heavy (non-hydrogen) atoms. The fourth-order valence-corrected chi connectivity index (χ4v) is 2.65. The van der Waals surface area contributed by atoms with Gasteiger partial charge in [-0.05, 0) is 18.6 Å². The molecule has 1 atom stereocenters. The van der Waals surface area contributed by atoms with Crippen molar-refractivity contribution in [3.05, 3.63) is 40.8 Å². The summed E-state index contributed by atoms with van der Waals surface area (Å²) in [6, 6.07) is 8.15. The van der Waals surface area contributed by atoms with Crippen LogP contribution < -0.4 is 5.73 Å². The summed E-state index contributed by atoms with van der Waals surface area (Å²) in [7, 11) is 0. The van der Waals surface area contributed by atoms with Crippen molar-refractivity contribution >= 4 is 15.9 Å². The number of unbranched alkanes of at least 4 members (excludes halogenated alkanes) is 3. The van der Waals surface area contributed by atoms with E-state index in [-0.39, 0.29) is 6.04 Å². The van der Waals surface area contributed by atoms with Crippen LogP contribution >= 0.6 is 15.9 Å². The molecule has 0 bridgehead atoms. The van der Waals surface area contributed by atoms with Crippen LogP contribution in [0.1, 0.15) is 50.9 Å². The quantitative estimate of drug-likeness (QED) is 0.713. The van der Waals surface area contributed by atoms with Crippen molar-refractivity contribution in [3.8, 4) is 11.3 Å². The minimum atomic E-state index is 0.00718. The third-order valence-electron chi connectivity index (χ3n) is 3.44. The van der Waals surface area contributed by atoms with Crippen molar-refractivity contribution < 1.29 is 0 Å². The zero-order chi connectivity index (χ0) is 14.4. The molecule has 1 aromatic heterocycles. The number of rotatable bonds is 7. The van der Waals surface area contributed by atoms with Crippen LogP contribution in [0.25, 0.3) is 11.3 Å². The number of hydrogen-bond acceptors (Lipinski definition) is 2. The number of nitrogens with one attached hydrogen (secondary N) is 1. The Morgan fingerprint density at radius 1 is 1.30 bits per heavy atom. The van der Waals surface area contributed by atoms with Crippen LogP contribution in [0.5, 0.6) is 0 Å². The first-order valence-electron chi connectivity index (χ1n) is 7.27. The molecule has 3 nitrogen and oxygen atoms in total. The number of aromatic amines is 1. The molecule has 0 aliphatic carbocycles. The zero-order valence-electron chi connectivity index (χ0n) is 11.9. The van der Waals surface area contributed by atoms with Crippen molar-refractivity contribution in [2.75, 3.05) is 0 Å². The molecule has 0 radical (unpaired) electrons. The first kappa shape index (κ1) is 15.3. The Labute approximate surface area is 129 Å². The predicted octanol–water partition coefficient (Wildman–Crippen LogP) is 4.81. The van der Waals surface area contributed by atoms with Crippen LogP contribution in [0.4, 0.5) is 0 Å². The van der Waals surface area contributed by atoms with E-state index in [2.05, 4.69) is 45.0 Å². The Hall–Kier alpha value is -1.13. The molecule has 2 aromatic rings. The van der Waals surface area contributed by atoms with E-state index in [1.54, 1.807) is 0 Å². The van der Waals surface area contributed by atoms with Gasteiger partial charge in [-0.15, -0.1) is 0 Å². The van der Waals surface area contributed by atoms with Crippen molar-refractivity contribution in [1.29, 1.82) is 0 Å². The molecule has 2 rings (SSSR count). The Morgan fingerprint density at radius 2 is 2.15 bits per heavy atom. The highest BCUT2D eigenvalue weighted by Crippen LogP contribution is 2.23. The van der Waals surface area contributed by atoms with E-state index in [4.69, 9.17) is 5.73 Å². The molecule has 0 saturated carbocycles. The molecule has 0 aliphatic rings. The first-order valence-corrected chi connectivity index (χ1v) is 8.07. The van der Waals surface area contributed by atoms with Crippen LogP contribution in [0.3, 0.4) is 0 Å². The van der Waals surface area contributed by atoms with Gasteiger partial charge in [-0.3, -0.25) is 0 Å². The van der Waals surface area contributed by atoms with Crippen LogP contribution in [0.15, 0.2) is 34.9 Å². The van der Waals surface area contributed by atoms with E-state index in [1.165, 1.54) is 25.7 Å². The Kier molecular flexibility index (Phi) is 5.80. The molecular weight excluding hydrogens is 314 g/mol. The van der Waals surface area contributed by atoms with Crippen molar-refractivity contribution in [2.45, 2.75) is 45.1 Å². The highest BCUT2D eigenvalue weighted by Gasteiger charge is 2.11. The van der Waals surface area contributed by atoms with Gasteiger partial charge in [0.2, 0.25) is 0 Å². The maximum absolute atomic E-state index is 6.20. The number of aromatic nitrogens is 2. The molecule has 0 aliphatic heterocycles. The lowest BCUT2D eigenvalue weighted by Gasteiger charge is -2.07. The second-order valence-electron chi connectivity index (χ2n) is 5.14. The largest absolute Gasteiger partial charge is 0.347 e. The maximum atomic E-state index is 6.20. The molecule has 3 N–H and O–H groups in total. The molecule has 4 heteroatoms. The Balaban J connectivity index is 1.98. The zero-order valence-corrected chi connectivity index (χ0v) is 13.5. The van der Waals surface area contributed by atoms with Gasteiger partial charge in [0.1, 0.15) is 5.82 Å². The average Bonchev–Trinajstić information content (AvgIpc) is 2.93. The van der Waals surface area contributed by atoms with Gasteiger partial charge >= 0.3 is 0 Å². The van der Waals surface area contributed by atoms with E-state index in [0.717, 1.165) is 28.0 Å². The van der Waals surface area contributed by atoms with Gasteiger partial charge < -0.3 is 10.7 Å². The number of hydrogen-bond donors (Lipinski definition) is 2. The molecule has 0 fully saturated rings. The van der Waals surface area contributed by atoms with E-state index in [1.807, 2.05) is 18.3 Å². The number of nitrogens with zero attached hydrogens (tertiary/aromatic N) is 1. The fourth-order valence-electron chi connectivity index (χ4n) is 2.25. The summed E-state index contributed by atoms with van der Waals surface area (Å²) in [6.45, 7) is 2.22. The summed E-state index contributed by atoms with van der Waals surface area (Å²) in [5.41, 5.74) is 8.24. The van der Waals surface area contributed by atoms with Crippen molar-refractivity contribution in [1.82, 2.24) is 9.97 Å². The van der Waals surface area contributed by atoms with Gasteiger partial charge in [-0.25, -0.2) is 4.98 Å². The Bertz CT molecular complexity index is 536. The monoisotopic (exact) mass is 335 g/mol. The normalized spacial score (nSPS) is 12.6. The number of H-pyrrole nitrogens is 1. The lowest BCUT2D eigenvalue weighted by molar-refractivity contribution is 0.550. The van der Waals surface area contributed by atoms with Crippen molar-refractivity contribution in [2.24, 2.45) is 5.73 Å². The fraction of sp³-hybridized carbons (Fsp3) is 0.438. The number of halogens is 1. The van der Waals surface area contributed by atoms with Crippen LogP contribution in [0.2, 0.25) is 0 Å². The summed E-state index contributed by atoms with van der Waals surface area (Å²) < 4.78 is 1.06. The second-order valence-corrected chi connectivity index (χ2v) is 6.05. The molecule has 0 saturated heterocycles. The second kappa shape index (κ2) is 7.60. The van der Waals surface area contributed by atoms with Gasteiger partial charge in [0, 0.05) is 16.2 Å². The molecule has 0 amide bonds. The third kappa shape index (κ3) is 4.18. The Morgan fingerprint density at radius 3 is 2.90 bits per heavy atom. The molecule has 1 aromatic carbocycles. The van der Waals surface area contributed by atoms with Crippen LogP contribution in [0, 0.1) is 0 Å². The highest BCUT2D eigenvalue weighted by atomic mass is 79.9. The van der Waals surface area contributed by atoms with Gasteiger partial charge in [0.05, 0.1) is 11.7 Å². The van der Waals surface area contributed by atoms with E-state index < -0.39 is 0 Å². The van der Waals surface area contributed by atoms with Crippen molar-refractivity contribution in [3.63, 3.8) is 0 Å². The molecule has 1 heterocycles. The standard InChI is InChI=1S/C16H22BrN3/c1-2-3-4-5-9-14(18)16-19-11-15(20-16)12-7-6-8-13(17)10-12/h6-8,10-11,14H,2-5,9,18H2,1H3,(H,19,20)/t14-/m1/s1. The minimum absolute atomic E-state index is 0.00718. The van der Waals surface area contributed by atoms with E-state index in [0.29, 0.717) is 0 Å². The third-order valence-corrected chi connectivity index (χ3v) is 3.93. The van der Waals surface area contributed by atoms with Gasteiger partial charge in [-0.1, -0.05) is 60.7 Å². The highest BCUT2D eigenvalue weighted by molar-refractivity contribution is 9.10. The average molecular weight is 336 g/mol. The SMILES string of the molecule is CCCCCC[C@@H](N)c1nc(-c2cccc(Br)c2)c[nH]1. The summed E-state index contributed by atoms with van der Waals surface area (Å²) in [6.07, 6.45) is 7.89. The molecule has 0 spiro atoms. The minimum Gasteiger partial charge on any atom is -0.347 e. The number of imidazole rings is 1. The first-order chi connectivity index (χ1) is 9.70. The summed E-state index contributed by atoms with van der Waals surface area (Å²) in [4.78, 5) is 7.83. The van der Waals surface area contributed by atoms with E-state index in [9.17, 15) is 0 Å². The van der Waals surface area contributed by atoms with Gasteiger partial charge in [0.15, 0.2) is 0 Å². The van der Waals surface area contributed by atoms with E-state index >= 15 is 0 Å². The number of benzene rings is 1. The number of nitrogens with two attached hydrogens (primary N) is 1. The molecule has 108 valence electrons. The maximum Gasteiger partial charge on any atom is 0.123 e. The lowest BCUT2D eigenvalue weighted by atomic mass is 10.1. The smallest absolute Gasteiger partial charge is 0.123 e. The van der Waals surface area contributed by atoms with Crippen LogP contribution in [-0.4, -0.2) is 9.97 Å². The summed E-state index contributed by atoms with van der Waals surface area (Å²) in [5, 5.41) is 0. The van der Waals surface area contributed by atoms with Crippen LogP contribution in [-0.2, 0) is 0 Å². The molecular formula is C16H22BrN3. The van der Waals surface area contributed by atoms with Gasteiger partial charge in [0.25, 0.3) is 0 Å². The summed E-state index contributed by atoms with van der Waals surface area (Å²) >= 11 is 3.48. The summed E-state index contributed by atoms with van der Waals surface area (Å²) in [5.74, 6) is 0.886. The lowest BCUT2D eigenvalue weighted by Crippen LogP contribution is -2.11. The topological polar surface area (TPSA) is 54.7 Å². The molecule has 0 unspecified atom stereocenters. The van der Waals surface area contributed by atoms with Gasteiger partial charge in [-0.2, -0.15) is 0 Å². The predicted molar refractivity (Wildman–Crippen MR) is 87.4 cm³/mol.